The lowest BCUT2D eigenvalue weighted by molar-refractivity contribution is -0.0668. The molecule has 3 aliphatic rings. The molecule has 6 heteroatoms. The normalized spacial score (nSPS) is 34.5. The van der Waals surface area contributed by atoms with Gasteiger partial charge in [-0.1, -0.05) is 57.2 Å². The van der Waals surface area contributed by atoms with Crippen molar-refractivity contribution in [3.05, 3.63) is 47.6 Å². The Kier molecular flexibility index (Phi) is 9.87. The molecule has 0 aromatic rings. The van der Waals surface area contributed by atoms with Gasteiger partial charge in [-0.2, -0.15) is 0 Å². The van der Waals surface area contributed by atoms with Crippen molar-refractivity contribution in [1.82, 2.24) is 0 Å². The Morgan fingerprint density at radius 1 is 1.24 bits per heavy atom. The van der Waals surface area contributed by atoms with Crippen molar-refractivity contribution in [3.8, 4) is 0 Å². The standard InChI is InChI=1S/C31H48O6/c1-7-17-36-29(35)37-30(4,5)28(34)15-10-20(2)25-13-14-26-22(9-8-16-31(25,26)6)11-12-23-18-24(32)19-27(33)21(23)3/h10-12,15,20,24-28,32-34H,3,7-9,13-14,16-19H2,1-2,4-6H3/b15-10+,22-11+,23-12-/t20-,24?,25-,26+,27?,28-,31-/m1/s1. The summed E-state index contributed by atoms with van der Waals surface area (Å²) in [6.45, 7) is 14.3. The molecular weight excluding hydrogens is 468 g/mol. The highest BCUT2D eigenvalue weighted by Gasteiger charge is 2.50. The quantitative estimate of drug-likeness (QED) is 0.270. The number of hydrogen-bond acceptors (Lipinski definition) is 6. The van der Waals surface area contributed by atoms with Crippen molar-refractivity contribution in [2.24, 2.45) is 23.2 Å². The number of carbonyl (C=O) groups excluding carboxylic acids is 1. The molecule has 3 fully saturated rings. The Balaban J connectivity index is 1.68. The number of rotatable bonds is 8. The highest BCUT2D eigenvalue weighted by atomic mass is 16.7. The predicted octanol–water partition coefficient (Wildman–Crippen LogP) is 6.02. The van der Waals surface area contributed by atoms with Gasteiger partial charge < -0.3 is 24.8 Å². The van der Waals surface area contributed by atoms with Gasteiger partial charge in [0, 0.05) is 6.42 Å². The zero-order valence-electron chi connectivity index (χ0n) is 23.4. The first-order valence-corrected chi connectivity index (χ1v) is 14.1. The Bertz CT molecular complexity index is 915. The number of ether oxygens (including phenoxy) is 2. The first-order valence-electron chi connectivity index (χ1n) is 14.1. The Morgan fingerprint density at radius 3 is 2.68 bits per heavy atom. The molecule has 3 rings (SSSR count). The van der Waals surface area contributed by atoms with E-state index in [0.717, 1.165) is 36.8 Å². The lowest BCUT2D eigenvalue weighted by Gasteiger charge is -2.44. The molecule has 0 aromatic heterocycles. The van der Waals surface area contributed by atoms with Gasteiger partial charge >= 0.3 is 6.16 Å². The molecule has 0 aromatic carbocycles. The van der Waals surface area contributed by atoms with E-state index in [-0.39, 0.29) is 11.3 Å². The van der Waals surface area contributed by atoms with Gasteiger partial charge in [0.05, 0.1) is 18.8 Å². The van der Waals surface area contributed by atoms with Gasteiger partial charge in [-0.25, -0.2) is 4.79 Å². The maximum Gasteiger partial charge on any atom is 0.508 e. The minimum absolute atomic E-state index is 0.176. The van der Waals surface area contributed by atoms with Gasteiger partial charge in [0.2, 0.25) is 0 Å². The van der Waals surface area contributed by atoms with Crippen LogP contribution in [-0.4, -0.2) is 52.0 Å². The fraction of sp³-hybridized carbons (Fsp3) is 0.710. The smallest absolute Gasteiger partial charge is 0.434 e. The number of allylic oxidation sites excluding steroid dienone is 4. The monoisotopic (exact) mass is 516 g/mol. The molecule has 6 nitrogen and oxygen atoms in total. The summed E-state index contributed by atoms with van der Waals surface area (Å²) >= 11 is 0. The van der Waals surface area contributed by atoms with E-state index < -0.39 is 30.1 Å². The maximum absolute atomic E-state index is 11.9. The lowest BCUT2D eigenvalue weighted by Crippen LogP contribution is -2.40. The Hall–Kier alpha value is -1.89. The summed E-state index contributed by atoms with van der Waals surface area (Å²) in [6, 6.07) is 0. The van der Waals surface area contributed by atoms with E-state index in [1.54, 1.807) is 19.9 Å². The zero-order valence-corrected chi connectivity index (χ0v) is 23.4. The lowest BCUT2D eigenvalue weighted by atomic mass is 9.61. The molecule has 3 N–H and O–H groups in total. The first-order chi connectivity index (χ1) is 17.4. The van der Waals surface area contributed by atoms with Crippen molar-refractivity contribution in [3.63, 3.8) is 0 Å². The fourth-order valence-corrected chi connectivity index (χ4v) is 6.74. The van der Waals surface area contributed by atoms with Crippen LogP contribution in [0.1, 0.15) is 86.0 Å². The zero-order chi connectivity index (χ0) is 27.4. The molecular formula is C31H48O6. The molecule has 208 valence electrons. The summed E-state index contributed by atoms with van der Waals surface area (Å²) in [5.74, 6) is 1.27. The topological polar surface area (TPSA) is 96.2 Å². The third-order valence-corrected chi connectivity index (χ3v) is 9.02. The van der Waals surface area contributed by atoms with E-state index in [4.69, 9.17) is 9.47 Å². The van der Waals surface area contributed by atoms with Crippen LogP contribution >= 0.6 is 0 Å². The number of hydrogen-bond donors (Lipinski definition) is 3. The number of carbonyl (C=O) groups is 1. The predicted molar refractivity (Wildman–Crippen MR) is 146 cm³/mol. The van der Waals surface area contributed by atoms with E-state index in [9.17, 15) is 20.1 Å². The van der Waals surface area contributed by atoms with Crippen LogP contribution in [0.15, 0.2) is 47.6 Å². The van der Waals surface area contributed by atoms with Crippen molar-refractivity contribution >= 4 is 6.16 Å². The van der Waals surface area contributed by atoms with E-state index in [1.807, 2.05) is 6.92 Å². The van der Waals surface area contributed by atoms with Gasteiger partial charge in [0.15, 0.2) is 0 Å². The van der Waals surface area contributed by atoms with E-state index in [1.165, 1.54) is 12.0 Å². The summed E-state index contributed by atoms with van der Waals surface area (Å²) in [7, 11) is 0. The van der Waals surface area contributed by atoms with Crippen LogP contribution < -0.4 is 0 Å². The van der Waals surface area contributed by atoms with Crippen LogP contribution in [0.3, 0.4) is 0 Å². The van der Waals surface area contributed by atoms with Crippen LogP contribution in [0.25, 0.3) is 0 Å². The molecule has 0 bridgehead atoms. The second-order valence-corrected chi connectivity index (χ2v) is 12.2. The molecule has 0 saturated heterocycles. The summed E-state index contributed by atoms with van der Waals surface area (Å²) in [4.78, 5) is 11.9. The van der Waals surface area contributed by atoms with Gasteiger partial charge in [0.1, 0.15) is 11.7 Å². The van der Waals surface area contributed by atoms with Crippen LogP contribution in [0.4, 0.5) is 4.79 Å². The Morgan fingerprint density at radius 2 is 1.97 bits per heavy atom. The summed E-state index contributed by atoms with van der Waals surface area (Å²) < 4.78 is 10.4. The highest BCUT2D eigenvalue weighted by molar-refractivity contribution is 5.60. The second-order valence-electron chi connectivity index (χ2n) is 12.2. The average Bonchev–Trinajstić information content (AvgIpc) is 3.19. The van der Waals surface area contributed by atoms with E-state index >= 15 is 0 Å². The number of aliphatic hydroxyl groups excluding tert-OH is 3. The van der Waals surface area contributed by atoms with Crippen molar-refractivity contribution in [2.75, 3.05) is 6.61 Å². The maximum atomic E-state index is 11.9. The molecule has 0 radical (unpaired) electrons. The summed E-state index contributed by atoms with van der Waals surface area (Å²) in [5.41, 5.74) is 2.24. The molecule has 0 spiro atoms. The largest absolute Gasteiger partial charge is 0.508 e. The first kappa shape index (κ1) is 29.7. The fourth-order valence-electron chi connectivity index (χ4n) is 6.74. The number of fused-ring (bicyclic) bond motifs is 1. The molecule has 2 unspecified atom stereocenters. The third kappa shape index (κ3) is 6.96. The van der Waals surface area contributed by atoms with Crippen molar-refractivity contribution in [2.45, 2.75) is 110 Å². The Labute approximate surface area is 223 Å². The highest BCUT2D eigenvalue weighted by Crippen LogP contribution is 2.59. The van der Waals surface area contributed by atoms with Crippen molar-refractivity contribution in [1.29, 1.82) is 0 Å². The number of aliphatic hydroxyl groups is 3. The van der Waals surface area contributed by atoms with Gasteiger partial charge in [0.25, 0.3) is 0 Å². The van der Waals surface area contributed by atoms with E-state index in [2.05, 4.69) is 38.7 Å². The SMILES string of the molecule is C=C1/C(=C\C=C2/CCC[C@]3(C)[C@@H]([C@H](C)/C=C/[C@@H](O)C(C)(C)OC(=O)OCCC)CC[C@@H]23)CC(O)CC1O. The van der Waals surface area contributed by atoms with Crippen LogP contribution in [0.5, 0.6) is 0 Å². The van der Waals surface area contributed by atoms with Gasteiger partial charge in [-0.3, -0.25) is 0 Å². The summed E-state index contributed by atoms with van der Waals surface area (Å²) in [6.07, 6.45) is 12.6. The van der Waals surface area contributed by atoms with Crippen LogP contribution in [-0.2, 0) is 9.47 Å². The molecule has 37 heavy (non-hydrogen) atoms. The molecule has 0 amide bonds. The van der Waals surface area contributed by atoms with Gasteiger partial charge in [-0.05, 0) is 93.1 Å². The summed E-state index contributed by atoms with van der Waals surface area (Å²) in [5, 5.41) is 31.0. The van der Waals surface area contributed by atoms with Crippen LogP contribution in [0, 0.1) is 23.2 Å². The minimum atomic E-state index is -1.08. The van der Waals surface area contributed by atoms with E-state index in [0.29, 0.717) is 37.7 Å². The molecule has 0 aliphatic heterocycles. The molecule has 7 atom stereocenters. The molecule has 3 aliphatic carbocycles. The second kappa shape index (κ2) is 12.3. The minimum Gasteiger partial charge on any atom is -0.434 e. The third-order valence-electron chi connectivity index (χ3n) is 9.02. The van der Waals surface area contributed by atoms with Crippen LogP contribution in [0.2, 0.25) is 0 Å². The molecule has 0 heterocycles. The van der Waals surface area contributed by atoms with Gasteiger partial charge in [-0.15, -0.1) is 0 Å². The molecule has 3 saturated carbocycles. The average molecular weight is 517 g/mol. The van der Waals surface area contributed by atoms with Crippen molar-refractivity contribution < 1.29 is 29.6 Å².